The van der Waals surface area contributed by atoms with E-state index in [4.69, 9.17) is 4.74 Å². The van der Waals surface area contributed by atoms with Gasteiger partial charge in [0.2, 0.25) is 0 Å². The lowest BCUT2D eigenvalue weighted by Crippen LogP contribution is -2.54. The summed E-state index contributed by atoms with van der Waals surface area (Å²) in [6, 6.07) is 0. The summed E-state index contributed by atoms with van der Waals surface area (Å²) in [6.45, 7) is 9.85. The molecule has 0 aromatic carbocycles. The molecule has 1 heterocycles. The monoisotopic (exact) mass is 455 g/mol. The molecule has 7 unspecified atom stereocenters. The van der Waals surface area contributed by atoms with Gasteiger partial charge in [0.15, 0.2) is 5.78 Å². The molecule has 4 fully saturated rings. The Labute approximate surface area is 200 Å². The number of ether oxygens (including phenoxy) is 1. The van der Waals surface area contributed by atoms with Crippen molar-refractivity contribution in [2.24, 2.45) is 34.5 Å². The number of nitrogens with zero attached hydrogens (tertiary/aromatic N) is 1. The van der Waals surface area contributed by atoms with Crippen LogP contribution < -0.4 is 0 Å². The van der Waals surface area contributed by atoms with E-state index >= 15 is 0 Å². The van der Waals surface area contributed by atoms with Crippen molar-refractivity contribution in [2.75, 3.05) is 19.6 Å². The number of rotatable bonds is 5. The van der Waals surface area contributed by atoms with Crippen molar-refractivity contribution in [3.63, 3.8) is 0 Å². The van der Waals surface area contributed by atoms with Crippen molar-refractivity contribution in [1.82, 2.24) is 4.90 Å². The average molecular weight is 456 g/mol. The summed E-state index contributed by atoms with van der Waals surface area (Å²) in [4.78, 5) is 27.3. The van der Waals surface area contributed by atoms with Gasteiger partial charge in [-0.15, -0.1) is 0 Å². The van der Waals surface area contributed by atoms with Gasteiger partial charge < -0.3 is 9.64 Å². The van der Waals surface area contributed by atoms with Crippen LogP contribution in [0.15, 0.2) is 11.6 Å². The number of carbonyl (C=O) groups excluding carboxylic acids is 2. The SMILES string of the molecule is CC(=O)C1=CCC2C3CCC4CC(OC(=O)CCN5CCCCC5)CCC4(C)C3CCC12C. The molecule has 33 heavy (non-hydrogen) atoms. The number of ketones is 1. The summed E-state index contributed by atoms with van der Waals surface area (Å²) in [5.74, 6) is 3.16. The molecule has 1 aliphatic heterocycles. The Hall–Kier alpha value is -1.16. The summed E-state index contributed by atoms with van der Waals surface area (Å²) in [5.41, 5.74) is 1.61. The van der Waals surface area contributed by atoms with Crippen LogP contribution in [0, 0.1) is 34.5 Å². The molecule has 4 heteroatoms. The summed E-state index contributed by atoms with van der Waals surface area (Å²) < 4.78 is 6.03. The van der Waals surface area contributed by atoms with E-state index in [1.165, 1.54) is 51.4 Å². The second-order valence-corrected chi connectivity index (χ2v) is 12.6. The molecule has 4 aliphatic carbocycles. The number of Topliss-reactive ketones (excluding diaryl/α,β-unsaturated/α-hetero) is 1. The van der Waals surface area contributed by atoms with Crippen LogP contribution in [0.2, 0.25) is 0 Å². The molecule has 184 valence electrons. The van der Waals surface area contributed by atoms with E-state index in [-0.39, 0.29) is 17.5 Å². The Kier molecular flexibility index (Phi) is 6.52. The second-order valence-electron chi connectivity index (χ2n) is 12.6. The Balaban J connectivity index is 1.18. The van der Waals surface area contributed by atoms with Crippen molar-refractivity contribution in [2.45, 2.75) is 104 Å². The van der Waals surface area contributed by atoms with Crippen LogP contribution >= 0.6 is 0 Å². The zero-order valence-electron chi connectivity index (χ0n) is 21.2. The van der Waals surface area contributed by atoms with Crippen LogP contribution in [-0.2, 0) is 14.3 Å². The van der Waals surface area contributed by atoms with Crippen LogP contribution in [0.5, 0.6) is 0 Å². The highest BCUT2D eigenvalue weighted by Crippen LogP contribution is 2.66. The molecule has 0 radical (unpaired) electrons. The van der Waals surface area contributed by atoms with Gasteiger partial charge in [-0.1, -0.05) is 26.3 Å². The van der Waals surface area contributed by atoms with Gasteiger partial charge in [0.1, 0.15) is 6.10 Å². The van der Waals surface area contributed by atoms with E-state index in [2.05, 4.69) is 24.8 Å². The highest BCUT2D eigenvalue weighted by molar-refractivity contribution is 5.95. The highest BCUT2D eigenvalue weighted by Gasteiger charge is 2.59. The van der Waals surface area contributed by atoms with Crippen LogP contribution in [0.3, 0.4) is 0 Å². The molecular weight excluding hydrogens is 410 g/mol. The fraction of sp³-hybridized carbons (Fsp3) is 0.862. The lowest BCUT2D eigenvalue weighted by molar-refractivity contribution is -0.161. The maximum atomic E-state index is 12.6. The van der Waals surface area contributed by atoms with Crippen molar-refractivity contribution in [3.05, 3.63) is 11.6 Å². The Morgan fingerprint density at radius 1 is 1.03 bits per heavy atom. The Morgan fingerprint density at radius 3 is 2.58 bits per heavy atom. The lowest BCUT2D eigenvalue weighted by Gasteiger charge is -2.60. The summed E-state index contributed by atoms with van der Waals surface area (Å²) in [5, 5.41) is 0. The fourth-order valence-electron chi connectivity index (χ4n) is 9.12. The summed E-state index contributed by atoms with van der Waals surface area (Å²) in [7, 11) is 0. The molecule has 0 amide bonds. The van der Waals surface area contributed by atoms with Gasteiger partial charge in [-0.25, -0.2) is 0 Å². The first-order valence-corrected chi connectivity index (χ1v) is 13.9. The number of piperidine rings is 1. The molecule has 0 N–H and O–H groups in total. The topological polar surface area (TPSA) is 46.6 Å². The molecule has 7 atom stereocenters. The minimum absolute atomic E-state index is 0.0186. The normalized spacial score (nSPS) is 43.1. The quantitative estimate of drug-likeness (QED) is 0.481. The molecule has 0 aromatic heterocycles. The van der Waals surface area contributed by atoms with E-state index < -0.39 is 0 Å². The standard InChI is InChI=1S/C29H45NO3/c1-20(31)24-9-10-25-23-8-7-21-19-22(33-27(32)13-18-30-16-5-4-6-17-30)11-14-28(21,2)26(23)12-15-29(24,25)3/h9,21-23,25-26H,4-8,10-19H2,1-3H3. The number of likely N-dealkylation sites (tertiary alicyclic amines) is 1. The molecule has 5 rings (SSSR count). The van der Waals surface area contributed by atoms with Gasteiger partial charge >= 0.3 is 5.97 Å². The molecule has 5 aliphatic rings. The molecule has 0 bridgehead atoms. The first kappa shape index (κ1) is 23.6. The van der Waals surface area contributed by atoms with Crippen molar-refractivity contribution in [3.8, 4) is 0 Å². The van der Waals surface area contributed by atoms with Gasteiger partial charge in [0.25, 0.3) is 0 Å². The largest absolute Gasteiger partial charge is 0.462 e. The predicted molar refractivity (Wildman–Crippen MR) is 131 cm³/mol. The third-order valence-corrected chi connectivity index (χ3v) is 11.0. The predicted octanol–water partition coefficient (Wildman–Crippen LogP) is 5.94. The molecule has 3 saturated carbocycles. The smallest absolute Gasteiger partial charge is 0.307 e. The van der Waals surface area contributed by atoms with Gasteiger partial charge in [-0.05, 0) is 124 Å². The average Bonchev–Trinajstić information content (AvgIpc) is 3.16. The summed E-state index contributed by atoms with van der Waals surface area (Å²) in [6.07, 6.45) is 16.2. The van der Waals surface area contributed by atoms with Gasteiger partial charge in [0.05, 0.1) is 6.42 Å². The maximum absolute atomic E-state index is 12.6. The third-order valence-electron chi connectivity index (χ3n) is 11.0. The Bertz CT molecular complexity index is 799. The van der Waals surface area contributed by atoms with E-state index in [1.54, 1.807) is 6.92 Å². The third kappa shape index (κ3) is 4.23. The number of carbonyl (C=O) groups is 2. The number of hydrogen-bond acceptors (Lipinski definition) is 4. The van der Waals surface area contributed by atoms with Crippen LogP contribution in [0.1, 0.15) is 97.8 Å². The van der Waals surface area contributed by atoms with E-state index in [1.807, 2.05) is 0 Å². The van der Waals surface area contributed by atoms with Gasteiger partial charge in [-0.3, -0.25) is 9.59 Å². The highest BCUT2D eigenvalue weighted by atomic mass is 16.5. The van der Waals surface area contributed by atoms with Gasteiger partial charge in [0, 0.05) is 6.54 Å². The number of hydrogen-bond donors (Lipinski definition) is 0. The molecular formula is C29H45NO3. The van der Waals surface area contributed by atoms with Crippen molar-refractivity contribution in [1.29, 1.82) is 0 Å². The van der Waals surface area contributed by atoms with Crippen LogP contribution in [0.25, 0.3) is 0 Å². The first-order chi connectivity index (χ1) is 15.8. The minimum Gasteiger partial charge on any atom is -0.462 e. The van der Waals surface area contributed by atoms with Gasteiger partial charge in [-0.2, -0.15) is 0 Å². The molecule has 4 nitrogen and oxygen atoms in total. The summed E-state index contributed by atoms with van der Waals surface area (Å²) >= 11 is 0. The number of allylic oxidation sites excluding steroid dienone is 2. The molecule has 1 saturated heterocycles. The molecule has 0 spiro atoms. The van der Waals surface area contributed by atoms with E-state index in [0.717, 1.165) is 56.3 Å². The zero-order chi connectivity index (χ0) is 23.2. The van der Waals surface area contributed by atoms with E-state index in [9.17, 15) is 9.59 Å². The number of fused-ring (bicyclic) bond motifs is 5. The molecule has 0 aromatic rings. The second kappa shape index (κ2) is 9.13. The lowest BCUT2D eigenvalue weighted by atomic mass is 9.44. The van der Waals surface area contributed by atoms with Crippen molar-refractivity contribution < 1.29 is 14.3 Å². The maximum Gasteiger partial charge on any atom is 0.307 e. The van der Waals surface area contributed by atoms with Crippen molar-refractivity contribution >= 4 is 11.8 Å². The van der Waals surface area contributed by atoms with Crippen LogP contribution in [0.4, 0.5) is 0 Å². The van der Waals surface area contributed by atoms with Crippen LogP contribution in [-0.4, -0.2) is 42.4 Å². The first-order valence-electron chi connectivity index (χ1n) is 13.9. The minimum atomic E-state index is 0.0186. The number of esters is 1. The van der Waals surface area contributed by atoms with E-state index in [0.29, 0.717) is 29.5 Å². The zero-order valence-corrected chi connectivity index (χ0v) is 21.2. The fourth-order valence-corrected chi connectivity index (χ4v) is 9.12. The Morgan fingerprint density at radius 2 is 1.82 bits per heavy atom.